The number of ether oxygens (including phenoxy) is 16. The summed E-state index contributed by atoms with van der Waals surface area (Å²) in [6.07, 6.45) is 3.55. The Morgan fingerprint density at radius 2 is 1.25 bits per heavy atom. The molecule has 19 nitrogen and oxygen atoms in total. The molecule has 0 aromatic carbocycles. The molecule has 19 heteroatoms. The van der Waals surface area contributed by atoms with E-state index in [9.17, 15) is 15.0 Å². The number of rotatable bonds is 2. The highest BCUT2D eigenvalue weighted by Crippen LogP contribution is 2.60. The third-order valence-electron chi connectivity index (χ3n) is 23.1. The molecule has 81 heavy (non-hydrogen) atoms. The zero-order valence-electron chi connectivity index (χ0n) is 47.9. The van der Waals surface area contributed by atoms with Gasteiger partial charge in [0.05, 0.1) is 130 Å². The molecule has 17 saturated heterocycles. The summed E-state index contributed by atoms with van der Waals surface area (Å²) in [5.41, 5.74) is 1.61. The van der Waals surface area contributed by atoms with Crippen LogP contribution in [0.5, 0.6) is 0 Å². The molecule has 0 radical (unpaired) electrons. The van der Waals surface area contributed by atoms with Crippen molar-refractivity contribution in [3.05, 3.63) is 24.3 Å². The second kappa shape index (κ2) is 19.9. The van der Waals surface area contributed by atoms with E-state index in [-0.39, 0.29) is 158 Å². The molecule has 17 aliphatic rings. The third kappa shape index (κ3) is 9.05. The van der Waals surface area contributed by atoms with Crippen molar-refractivity contribution >= 4 is 5.97 Å². The van der Waals surface area contributed by atoms with E-state index in [1.165, 1.54) is 0 Å². The van der Waals surface area contributed by atoms with E-state index in [0.717, 1.165) is 49.7 Å². The maximum atomic E-state index is 14.6. The van der Waals surface area contributed by atoms with Gasteiger partial charge in [0.2, 0.25) is 0 Å². The number of carbonyl (C=O) groups excluding carboxylic acids is 1. The van der Waals surface area contributed by atoms with Gasteiger partial charge in [0.25, 0.3) is 0 Å². The second-order valence-electron chi connectivity index (χ2n) is 28.8. The Kier molecular flexibility index (Phi) is 13.4. The Morgan fingerprint density at radius 1 is 0.543 bits per heavy atom. The molecule has 12 bridgehead atoms. The van der Waals surface area contributed by atoms with Gasteiger partial charge in [0, 0.05) is 69.6 Å². The summed E-state index contributed by atoms with van der Waals surface area (Å²) < 4.78 is 111. The standard InChI is InChI=1S/C62H88O19/c1-27-14-33-8-10-38-28(2)15-35(67-38)12-13-60-26-59(7)58(81-60)57-56(78-59)55(80-60)54-39(71-57)11-9-34(69-54)16-48(65)73-52-32(6)51-44(70-43(52)17-40(68-33)31(27)5)18-41-46(72-51)22-62(75-41)23-47-50(79-62)30(4)21-61(77-47)20-29(3)49-45(76-61)19-42-53(74-49)36(25-66-42)37(64)24-63/h27,29-30,32-47,49-58,63-64H,2,5,8-26H2,1,3-4,6-7H3/t27-,29+,30+,32+,33+,34-,35+,36-,37+,38+,39+,40-,41-,42-,43+,44+,45+,46-,47+,49+,50+,51+,52-,53-,54+,55+,56+,57-,58?,59+,60-,61-,62+/m1/s1. The predicted octanol–water partition coefficient (Wildman–Crippen LogP) is 5.58. The molecule has 33 atom stereocenters. The number of fused-ring (bicyclic) bond motifs is 11. The highest BCUT2D eigenvalue weighted by molar-refractivity contribution is 5.70. The summed E-state index contributed by atoms with van der Waals surface area (Å²) in [6.45, 7) is 20.1. The first-order valence-corrected chi connectivity index (χ1v) is 31.7. The molecule has 450 valence electrons. The Bertz CT molecular complexity index is 2460. The van der Waals surface area contributed by atoms with Crippen LogP contribution in [0.4, 0.5) is 0 Å². The number of aliphatic hydroxyl groups excluding tert-OH is 2. The molecule has 17 fully saturated rings. The van der Waals surface area contributed by atoms with Gasteiger partial charge >= 0.3 is 5.97 Å². The minimum Gasteiger partial charge on any atom is -0.459 e. The van der Waals surface area contributed by atoms with Crippen LogP contribution in [0.3, 0.4) is 0 Å². The van der Waals surface area contributed by atoms with Crippen LogP contribution in [0.2, 0.25) is 0 Å². The Labute approximate surface area is 475 Å². The van der Waals surface area contributed by atoms with E-state index in [0.29, 0.717) is 70.8 Å². The van der Waals surface area contributed by atoms with Crippen molar-refractivity contribution in [3.63, 3.8) is 0 Å². The Hall–Kier alpha value is -1.73. The lowest BCUT2D eigenvalue weighted by molar-refractivity contribution is -0.370. The zero-order chi connectivity index (χ0) is 55.2. The molecule has 0 aromatic rings. The van der Waals surface area contributed by atoms with Crippen LogP contribution < -0.4 is 0 Å². The normalized spacial score (nSPS) is 59.3. The van der Waals surface area contributed by atoms with E-state index >= 15 is 0 Å². The number of hydrogen-bond donors (Lipinski definition) is 2. The Balaban J connectivity index is 0.630. The fourth-order valence-corrected chi connectivity index (χ4v) is 19.3. The summed E-state index contributed by atoms with van der Waals surface area (Å²) in [6, 6.07) is 0. The zero-order valence-corrected chi connectivity index (χ0v) is 47.9. The summed E-state index contributed by atoms with van der Waals surface area (Å²) >= 11 is 0. The van der Waals surface area contributed by atoms with Crippen molar-refractivity contribution in [1.82, 2.24) is 0 Å². The number of esters is 1. The Morgan fingerprint density at radius 3 is 2.10 bits per heavy atom. The smallest absolute Gasteiger partial charge is 0.308 e. The van der Waals surface area contributed by atoms with Crippen molar-refractivity contribution in [2.24, 2.45) is 29.6 Å². The highest BCUT2D eigenvalue weighted by atomic mass is 16.8. The molecule has 0 amide bonds. The number of carbonyl (C=O) groups is 1. The fraction of sp³-hybridized carbons (Fsp3) is 0.919. The minimum absolute atomic E-state index is 0.00643. The predicted molar refractivity (Wildman–Crippen MR) is 281 cm³/mol. The van der Waals surface area contributed by atoms with Gasteiger partial charge in [-0.1, -0.05) is 40.9 Å². The average Bonchev–Trinajstić information content (AvgIpc) is 3.91. The van der Waals surface area contributed by atoms with Crippen LogP contribution in [0, 0.1) is 29.6 Å². The van der Waals surface area contributed by atoms with Crippen LogP contribution in [0.25, 0.3) is 0 Å². The van der Waals surface area contributed by atoms with Crippen molar-refractivity contribution < 1.29 is 90.8 Å². The lowest BCUT2D eigenvalue weighted by Gasteiger charge is -2.54. The summed E-state index contributed by atoms with van der Waals surface area (Å²) in [5.74, 6) is -2.96. The first-order chi connectivity index (χ1) is 38.9. The van der Waals surface area contributed by atoms with E-state index in [1.54, 1.807) is 0 Å². The molecule has 17 aliphatic heterocycles. The van der Waals surface area contributed by atoms with Crippen LogP contribution in [0.1, 0.15) is 144 Å². The van der Waals surface area contributed by atoms with Gasteiger partial charge < -0.3 is 86.0 Å². The molecule has 1 unspecified atom stereocenters. The fourth-order valence-electron chi connectivity index (χ4n) is 19.3. The molecule has 0 aromatic heterocycles. The third-order valence-corrected chi connectivity index (χ3v) is 23.1. The maximum Gasteiger partial charge on any atom is 0.308 e. The van der Waals surface area contributed by atoms with Crippen molar-refractivity contribution in [2.45, 2.75) is 313 Å². The van der Waals surface area contributed by atoms with Gasteiger partial charge in [-0.3, -0.25) is 4.79 Å². The van der Waals surface area contributed by atoms with Crippen molar-refractivity contribution in [2.75, 3.05) is 13.2 Å². The minimum atomic E-state index is -0.910. The molecule has 0 saturated carbocycles. The molecular formula is C62H88O19. The molecule has 3 spiro atoms. The average molecular weight is 1140 g/mol. The van der Waals surface area contributed by atoms with Gasteiger partial charge in [-0.15, -0.1) is 0 Å². The maximum absolute atomic E-state index is 14.6. The van der Waals surface area contributed by atoms with E-state index in [2.05, 4.69) is 47.8 Å². The SMILES string of the molecule is C=C1C[C@@H]2CC[C@@]34C[C@]5(C)O[C@H]6[C@@H](O3)[C@H]3O[C@H](CC[C@@H]3O[C@H]6C5O4)CC(=O)O[C@@H]3[C@@H](C)[C@@H]4O[C@@H]5C[C@]6(C[C@@H]7O[C@]8(C[C@H](C)[C@@H]9O[C@@H]%10[C@@H]([C@@H](O)CO)CO[C@@H]%10C[C@@H]9O8)C[C@H](C)[C@@H]7O6)O[C@@H]5C[C@@H]4O[C@H]3C[C@H]3O[C@@H](CC[C@@H]1O2)C[C@@H](C)C3=C. The van der Waals surface area contributed by atoms with Crippen LogP contribution in [-0.4, -0.2) is 199 Å². The van der Waals surface area contributed by atoms with Gasteiger partial charge in [-0.2, -0.15) is 0 Å². The van der Waals surface area contributed by atoms with Gasteiger partial charge in [-0.25, -0.2) is 0 Å². The largest absolute Gasteiger partial charge is 0.459 e. The topological polar surface area (TPSA) is 205 Å². The molecule has 0 aliphatic carbocycles. The second-order valence-corrected chi connectivity index (χ2v) is 28.8. The number of aliphatic hydroxyl groups is 2. The molecule has 2 N–H and O–H groups in total. The van der Waals surface area contributed by atoms with Gasteiger partial charge in [-0.05, 0) is 80.8 Å². The first kappa shape index (κ1) is 54.6. The summed E-state index contributed by atoms with van der Waals surface area (Å²) in [7, 11) is 0. The van der Waals surface area contributed by atoms with E-state index in [1.807, 2.05) is 0 Å². The summed E-state index contributed by atoms with van der Waals surface area (Å²) in [4.78, 5) is 14.6. The van der Waals surface area contributed by atoms with Crippen molar-refractivity contribution in [1.29, 1.82) is 0 Å². The first-order valence-electron chi connectivity index (χ1n) is 31.7. The molecule has 17 rings (SSSR count). The number of hydrogen-bond acceptors (Lipinski definition) is 19. The van der Waals surface area contributed by atoms with Crippen LogP contribution >= 0.6 is 0 Å². The van der Waals surface area contributed by atoms with Crippen molar-refractivity contribution in [3.8, 4) is 0 Å². The lowest BCUT2D eigenvalue weighted by atomic mass is 9.77. The van der Waals surface area contributed by atoms with Crippen LogP contribution in [0.15, 0.2) is 24.3 Å². The van der Waals surface area contributed by atoms with E-state index < -0.39 is 59.6 Å². The highest BCUT2D eigenvalue weighted by Gasteiger charge is 2.73. The molecular weight excluding hydrogens is 1050 g/mol. The van der Waals surface area contributed by atoms with Crippen LogP contribution in [-0.2, 0) is 80.6 Å². The summed E-state index contributed by atoms with van der Waals surface area (Å²) in [5, 5.41) is 20.3. The molecule has 17 heterocycles. The quantitative estimate of drug-likeness (QED) is 0.256. The van der Waals surface area contributed by atoms with E-state index in [4.69, 9.17) is 75.8 Å². The lowest BCUT2D eigenvalue weighted by Crippen LogP contribution is -2.62. The monoisotopic (exact) mass is 1140 g/mol. The van der Waals surface area contributed by atoms with Gasteiger partial charge in [0.15, 0.2) is 17.4 Å². The van der Waals surface area contributed by atoms with Gasteiger partial charge in [0.1, 0.15) is 42.2 Å².